The van der Waals surface area contributed by atoms with Gasteiger partial charge in [-0.25, -0.2) is 0 Å². The predicted molar refractivity (Wildman–Crippen MR) is 148 cm³/mol. The van der Waals surface area contributed by atoms with Gasteiger partial charge in [-0.05, 0) is 73.0 Å². The number of carbonyl (C=O) groups excluding carboxylic acids is 1. The summed E-state index contributed by atoms with van der Waals surface area (Å²) in [4.78, 5) is 18.6. The molecular weight excluding hydrogens is 464 g/mol. The molecule has 188 valence electrons. The molecule has 2 heterocycles. The molecule has 2 aliphatic rings. The lowest BCUT2D eigenvalue weighted by atomic mass is 9.85. The fourth-order valence-electron chi connectivity index (χ4n) is 5.91. The summed E-state index contributed by atoms with van der Waals surface area (Å²) in [5.41, 5.74) is 5.13. The second-order valence-corrected chi connectivity index (χ2v) is 10.9. The maximum absolute atomic E-state index is 13.6. The normalized spacial score (nSPS) is 19.5. The lowest BCUT2D eigenvalue weighted by Gasteiger charge is -2.32. The maximum atomic E-state index is 13.6. The van der Waals surface area contributed by atoms with Crippen LogP contribution >= 0.6 is 11.6 Å². The van der Waals surface area contributed by atoms with E-state index in [9.17, 15) is 4.79 Å². The minimum Gasteiger partial charge on any atom is -0.299 e. The van der Waals surface area contributed by atoms with Gasteiger partial charge in [-0.1, -0.05) is 84.4 Å². The topological polar surface area (TPSA) is 23.6 Å². The number of hydrogen-bond acceptors (Lipinski definition) is 3. The van der Waals surface area contributed by atoms with Crippen LogP contribution in [0.25, 0.3) is 0 Å². The SMILES string of the molecule is O=C(CCC1CCN(Cc2ccccc2Cl)CC1)C1CN(Cc2ccccc2)CCc2ccccc21. The molecule has 1 fully saturated rings. The fourth-order valence-corrected chi connectivity index (χ4v) is 6.11. The van der Waals surface area contributed by atoms with E-state index in [0.29, 0.717) is 18.1 Å². The summed E-state index contributed by atoms with van der Waals surface area (Å²) >= 11 is 6.37. The number of Topliss-reactive ketones (excluding diaryl/α,β-unsaturated/α-hetero) is 1. The Hall–Kier alpha value is -2.46. The molecule has 1 saturated heterocycles. The van der Waals surface area contributed by atoms with Crippen LogP contribution in [0.2, 0.25) is 5.02 Å². The highest BCUT2D eigenvalue weighted by atomic mass is 35.5. The van der Waals surface area contributed by atoms with Crippen LogP contribution in [-0.2, 0) is 24.3 Å². The first-order valence-electron chi connectivity index (χ1n) is 13.5. The van der Waals surface area contributed by atoms with Crippen LogP contribution in [0.3, 0.4) is 0 Å². The van der Waals surface area contributed by atoms with E-state index in [0.717, 1.165) is 57.1 Å². The van der Waals surface area contributed by atoms with Crippen molar-refractivity contribution in [1.82, 2.24) is 9.80 Å². The van der Waals surface area contributed by atoms with Gasteiger partial charge < -0.3 is 0 Å². The highest BCUT2D eigenvalue weighted by Gasteiger charge is 2.29. The molecule has 3 aromatic rings. The molecule has 36 heavy (non-hydrogen) atoms. The zero-order valence-electron chi connectivity index (χ0n) is 21.1. The first kappa shape index (κ1) is 25.2. The molecule has 1 unspecified atom stereocenters. The molecule has 0 spiro atoms. The van der Waals surface area contributed by atoms with E-state index in [1.807, 2.05) is 12.1 Å². The monoisotopic (exact) mass is 500 g/mol. The summed E-state index contributed by atoms with van der Waals surface area (Å²) in [7, 11) is 0. The standard InChI is InChI=1S/C32H37ClN2O/c33-31-13-7-5-11-28(31)23-34-19-16-25(17-20-34)14-15-32(36)30-24-35(22-26-8-2-1-3-9-26)21-18-27-10-4-6-12-29(27)30/h1-13,25,30H,14-24H2. The van der Waals surface area contributed by atoms with E-state index in [4.69, 9.17) is 11.6 Å². The van der Waals surface area contributed by atoms with Crippen LogP contribution in [0.4, 0.5) is 0 Å². The van der Waals surface area contributed by atoms with Gasteiger partial charge in [-0.15, -0.1) is 0 Å². The molecule has 0 radical (unpaired) electrons. The number of likely N-dealkylation sites (tertiary alicyclic amines) is 1. The minimum absolute atomic E-state index is 0.0206. The van der Waals surface area contributed by atoms with Crippen molar-refractivity contribution in [2.75, 3.05) is 26.2 Å². The summed E-state index contributed by atoms with van der Waals surface area (Å²) in [6.07, 6.45) is 5.04. The fraction of sp³-hybridized carbons (Fsp3) is 0.406. The largest absolute Gasteiger partial charge is 0.299 e. The average Bonchev–Trinajstić information content (AvgIpc) is 3.10. The molecule has 5 rings (SSSR count). The number of carbonyl (C=O) groups is 1. The smallest absolute Gasteiger partial charge is 0.141 e. The first-order chi connectivity index (χ1) is 17.7. The third-order valence-electron chi connectivity index (χ3n) is 8.06. The maximum Gasteiger partial charge on any atom is 0.141 e. The van der Waals surface area contributed by atoms with Gasteiger partial charge in [0.15, 0.2) is 0 Å². The van der Waals surface area contributed by atoms with Crippen LogP contribution in [0.1, 0.15) is 53.9 Å². The van der Waals surface area contributed by atoms with E-state index in [1.54, 1.807) is 0 Å². The highest BCUT2D eigenvalue weighted by molar-refractivity contribution is 6.31. The highest BCUT2D eigenvalue weighted by Crippen LogP contribution is 2.31. The second kappa shape index (κ2) is 12.2. The second-order valence-electron chi connectivity index (χ2n) is 10.5. The zero-order chi connectivity index (χ0) is 24.7. The summed E-state index contributed by atoms with van der Waals surface area (Å²) in [5, 5.41) is 0.857. The Kier molecular flexibility index (Phi) is 8.53. The third-order valence-corrected chi connectivity index (χ3v) is 8.43. The Labute approximate surface area is 221 Å². The number of halogens is 1. The van der Waals surface area contributed by atoms with Crippen molar-refractivity contribution >= 4 is 17.4 Å². The Morgan fingerprint density at radius 3 is 2.33 bits per heavy atom. The molecular formula is C32H37ClN2O. The van der Waals surface area contributed by atoms with Gasteiger partial charge in [0, 0.05) is 37.6 Å². The van der Waals surface area contributed by atoms with Crippen molar-refractivity contribution in [1.29, 1.82) is 0 Å². The Morgan fingerprint density at radius 1 is 0.806 bits per heavy atom. The third kappa shape index (κ3) is 6.45. The summed E-state index contributed by atoms with van der Waals surface area (Å²) in [6, 6.07) is 27.4. The minimum atomic E-state index is -0.0206. The van der Waals surface area contributed by atoms with Crippen LogP contribution in [0.5, 0.6) is 0 Å². The average molecular weight is 501 g/mol. The van der Waals surface area contributed by atoms with Gasteiger partial charge in [0.1, 0.15) is 5.78 Å². The van der Waals surface area contributed by atoms with E-state index in [-0.39, 0.29) is 5.92 Å². The van der Waals surface area contributed by atoms with Crippen molar-refractivity contribution < 1.29 is 4.79 Å². The molecule has 3 aromatic carbocycles. The molecule has 0 N–H and O–H groups in total. The van der Waals surface area contributed by atoms with E-state index >= 15 is 0 Å². The Morgan fingerprint density at radius 2 is 1.53 bits per heavy atom. The quantitative estimate of drug-likeness (QED) is 0.342. The zero-order valence-corrected chi connectivity index (χ0v) is 21.9. The molecule has 2 aliphatic heterocycles. The van der Waals surface area contributed by atoms with Crippen LogP contribution in [0, 0.1) is 5.92 Å². The van der Waals surface area contributed by atoms with Gasteiger partial charge in [0.25, 0.3) is 0 Å². The number of nitrogens with zero attached hydrogens (tertiary/aromatic N) is 2. The van der Waals surface area contributed by atoms with Gasteiger partial charge in [-0.2, -0.15) is 0 Å². The number of hydrogen-bond donors (Lipinski definition) is 0. The van der Waals surface area contributed by atoms with E-state index < -0.39 is 0 Å². The van der Waals surface area contributed by atoms with Gasteiger partial charge in [0.05, 0.1) is 5.92 Å². The lowest BCUT2D eigenvalue weighted by Crippen LogP contribution is -2.34. The first-order valence-corrected chi connectivity index (χ1v) is 13.9. The number of fused-ring (bicyclic) bond motifs is 1. The molecule has 3 nitrogen and oxygen atoms in total. The van der Waals surface area contributed by atoms with Crippen LogP contribution in [0.15, 0.2) is 78.9 Å². The summed E-state index contributed by atoms with van der Waals surface area (Å²) < 4.78 is 0. The predicted octanol–water partition coefficient (Wildman–Crippen LogP) is 6.74. The van der Waals surface area contributed by atoms with Crippen LogP contribution < -0.4 is 0 Å². The molecule has 1 atom stereocenters. The van der Waals surface area contributed by atoms with Gasteiger partial charge in [0.2, 0.25) is 0 Å². The van der Waals surface area contributed by atoms with Gasteiger partial charge >= 0.3 is 0 Å². The molecule has 4 heteroatoms. The van der Waals surface area contributed by atoms with Crippen molar-refractivity contribution in [3.8, 4) is 0 Å². The number of ketones is 1. The Balaban J connectivity index is 1.17. The van der Waals surface area contributed by atoms with Crippen molar-refractivity contribution in [2.24, 2.45) is 5.92 Å². The number of piperidine rings is 1. The summed E-state index contributed by atoms with van der Waals surface area (Å²) in [5.74, 6) is 1.03. The van der Waals surface area contributed by atoms with Gasteiger partial charge in [-0.3, -0.25) is 14.6 Å². The Bertz CT molecular complexity index is 1140. The molecule has 0 bridgehead atoms. The molecule has 0 aliphatic carbocycles. The summed E-state index contributed by atoms with van der Waals surface area (Å²) in [6.45, 7) is 5.81. The lowest BCUT2D eigenvalue weighted by molar-refractivity contribution is -0.121. The van der Waals surface area contributed by atoms with Crippen molar-refractivity contribution in [3.05, 3.63) is 106 Å². The number of benzene rings is 3. The molecule has 0 saturated carbocycles. The van der Waals surface area contributed by atoms with E-state index in [2.05, 4.69) is 76.5 Å². The van der Waals surface area contributed by atoms with Crippen LogP contribution in [-0.4, -0.2) is 41.8 Å². The van der Waals surface area contributed by atoms with E-state index in [1.165, 1.54) is 35.1 Å². The number of rotatable bonds is 8. The van der Waals surface area contributed by atoms with Crippen molar-refractivity contribution in [3.63, 3.8) is 0 Å². The molecule has 0 aromatic heterocycles. The van der Waals surface area contributed by atoms with Crippen molar-refractivity contribution in [2.45, 2.75) is 51.1 Å². The molecule has 0 amide bonds.